The number of carbonyl (C=O) groups is 2. The molecule has 0 fully saturated rings. The number of anilines is 3. The van der Waals surface area contributed by atoms with Crippen LogP contribution in [0.2, 0.25) is 0 Å². The predicted octanol–water partition coefficient (Wildman–Crippen LogP) is 3.95. The number of Topliss-reactive ketones (excluding diaryl/α,β-unsaturated/α-hetero) is 1. The maximum atomic E-state index is 13.6. The number of para-hydroxylation sites is 1. The van der Waals surface area contributed by atoms with Gasteiger partial charge in [-0.15, -0.1) is 0 Å². The summed E-state index contributed by atoms with van der Waals surface area (Å²) >= 11 is 0. The molecule has 1 aromatic heterocycles. The van der Waals surface area contributed by atoms with E-state index >= 15 is 0 Å². The van der Waals surface area contributed by atoms with Gasteiger partial charge in [-0.1, -0.05) is 6.07 Å². The minimum atomic E-state index is -0.878. The summed E-state index contributed by atoms with van der Waals surface area (Å²) in [6, 6.07) is 10.0. The highest BCUT2D eigenvalue weighted by Crippen LogP contribution is 2.19. The number of benzene rings is 2. The first-order valence-electron chi connectivity index (χ1n) is 7.89. The molecule has 0 unspecified atom stereocenters. The fraction of sp³-hybridized carbons (Fsp3) is 0.0526. The van der Waals surface area contributed by atoms with E-state index in [2.05, 4.69) is 20.6 Å². The average Bonchev–Trinajstić information content (AvgIpc) is 2.66. The van der Waals surface area contributed by atoms with Crippen molar-refractivity contribution < 1.29 is 18.4 Å². The van der Waals surface area contributed by atoms with Crippen LogP contribution in [0.25, 0.3) is 0 Å². The minimum Gasteiger partial charge on any atom is -0.324 e. The molecular weight excluding hydrogens is 354 g/mol. The van der Waals surface area contributed by atoms with Gasteiger partial charge in [0.15, 0.2) is 5.78 Å². The van der Waals surface area contributed by atoms with Crippen molar-refractivity contribution in [1.29, 1.82) is 0 Å². The van der Waals surface area contributed by atoms with Crippen LogP contribution in [0, 0.1) is 11.6 Å². The molecule has 0 aliphatic heterocycles. The highest BCUT2D eigenvalue weighted by molar-refractivity contribution is 6.04. The van der Waals surface area contributed by atoms with Crippen molar-refractivity contribution in [2.45, 2.75) is 6.92 Å². The quantitative estimate of drug-likeness (QED) is 0.666. The monoisotopic (exact) mass is 368 g/mol. The van der Waals surface area contributed by atoms with E-state index in [-0.39, 0.29) is 17.3 Å². The Morgan fingerprint density at radius 1 is 0.889 bits per heavy atom. The molecule has 0 aliphatic rings. The number of amides is 1. The third-order valence-electron chi connectivity index (χ3n) is 3.66. The number of carbonyl (C=O) groups excluding carboxylic acids is 2. The van der Waals surface area contributed by atoms with E-state index in [4.69, 9.17) is 0 Å². The largest absolute Gasteiger partial charge is 0.324 e. The van der Waals surface area contributed by atoms with Crippen LogP contribution in [0.5, 0.6) is 0 Å². The van der Waals surface area contributed by atoms with E-state index in [1.54, 1.807) is 24.3 Å². The van der Waals surface area contributed by atoms with Crippen molar-refractivity contribution >= 4 is 29.0 Å². The number of ketones is 1. The normalized spacial score (nSPS) is 10.3. The van der Waals surface area contributed by atoms with Gasteiger partial charge < -0.3 is 10.6 Å². The molecule has 2 aromatic carbocycles. The van der Waals surface area contributed by atoms with Crippen molar-refractivity contribution in [3.8, 4) is 0 Å². The summed E-state index contributed by atoms with van der Waals surface area (Å²) in [7, 11) is 0. The molecule has 0 saturated carbocycles. The minimum absolute atomic E-state index is 0.0372. The zero-order valence-corrected chi connectivity index (χ0v) is 14.2. The highest BCUT2D eigenvalue weighted by Gasteiger charge is 2.14. The molecule has 1 heterocycles. The summed E-state index contributed by atoms with van der Waals surface area (Å²) in [5.41, 5.74) is 0.741. The van der Waals surface area contributed by atoms with Gasteiger partial charge in [0.1, 0.15) is 17.3 Å². The fourth-order valence-corrected chi connectivity index (χ4v) is 2.23. The number of nitrogens with one attached hydrogen (secondary N) is 2. The Labute approximate surface area is 153 Å². The van der Waals surface area contributed by atoms with Crippen LogP contribution >= 0.6 is 0 Å². The number of halogens is 2. The second kappa shape index (κ2) is 7.69. The van der Waals surface area contributed by atoms with Gasteiger partial charge in [0, 0.05) is 23.6 Å². The third kappa shape index (κ3) is 4.30. The summed E-state index contributed by atoms with van der Waals surface area (Å²) in [5.74, 6) is -2.32. The Kier molecular flexibility index (Phi) is 5.16. The van der Waals surface area contributed by atoms with E-state index in [0.29, 0.717) is 11.3 Å². The molecular formula is C19H14F2N4O2. The van der Waals surface area contributed by atoms with Gasteiger partial charge in [-0.25, -0.2) is 18.7 Å². The molecule has 0 bridgehead atoms. The fourth-order valence-electron chi connectivity index (χ4n) is 2.23. The van der Waals surface area contributed by atoms with Gasteiger partial charge in [-0.2, -0.15) is 0 Å². The predicted molar refractivity (Wildman–Crippen MR) is 96.1 cm³/mol. The number of rotatable bonds is 5. The highest BCUT2D eigenvalue weighted by atomic mass is 19.1. The molecule has 136 valence electrons. The molecule has 0 spiro atoms. The van der Waals surface area contributed by atoms with E-state index in [1.165, 1.54) is 25.4 Å². The summed E-state index contributed by atoms with van der Waals surface area (Å²) in [6.45, 7) is 1.47. The van der Waals surface area contributed by atoms with Gasteiger partial charge in [0.2, 0.25) is 5.95 Å². The molecule has 0 saturated heterocycles. The molecule has 3 rings (SSSR count). The summed E-state index contributed by atoms with van der Waals surface area (Å²) in [6.07, 6.45) is 2.46. The van der Waals surface area contributed by atoms with Gasteiger partial charge in [-0.05, 0) is 43.3 Å². The molecule has 8 heteroatoms. The lowest BCUT2D eigenvalue weighted by Crippen LogP contribution is -2.15. The number of hydrogen-bond acceptors (Lipinski definition) is 5. The van der Waals surface area contributed by atoms with Gasteiger partial charge >= 0.3 is 0 Å². The summed E-state index contributed by atoms with van der Waals surface area (Å²) in [4.78, 5) is 31.4. The number of aromatic nitrogens is 2. The van der Waals surface area contributed by atoms with E-state index in [9.17, 15) is 18.4 Å². The maximum absolute atomic E-state index is 13.6. The Morgan fingerprint density at radius 2 is 1.48 bits per heavy atom. The van der Waals surface area contributed by atoms with Crippen LogP contribution in [0.15, 0.2) is 54.9 Å². The van der Waals surface area contributed by atoms with Gasteiger partial charge in [0.25, 0.3) is 5.91 Å². The Hall–Kier alpha value is -3.68. The van der Waals surface area contributed by atoms with Crippen LogP contribution in [0.1, 0.15) is 27.6 Å². The van der Waals surface area contributed by atoms with Crippen LogP contribution < -0.4 is 10.6 Å². The second-order valence-electron chi connectivity index (χ2n) is 5.60. The van der Waals surface area contributed by atoms with Crippen LogP contribution in [0.3, 0.4) is 0 Å². The molecule has 27 heavy (non-hydrogen) atoms. The van der Waals surface area contributed by atoms with Crippen molar-refractivity contribution in [1.82, 2.24) is 9.97 Å². The molecule has 3 aromatic rings. The van der Waals surface area contributed by atoms with Crippen molar-refractivity contribution in [2.24, 2.45) is 0 Å². The maximum Gasteiger partial charge on any atom is 0.258 e. The summed E-state index contributed by atoms with van der Waals surface area (Å²) < 4.78 is 27.2. The van der Waals surface area contributed by atoms with Gasteiger partial charge in [0.05, 0.1) is 5.56 Å². The molecule has 6 nitrogen and oxygen atoms in total. The van der Waals surface area contributed by atoms with E-state index in [1.807, 2.05) is 0 Å². The molecule has 0 radical (unpaired) electrons. The zero-order chi connectivity index (χ0) is 19.4. The van der Waals surface area contributed by atoms with Crippen LogP contribution in [-0.2, 0) is 0 Å². The van der Waals surface area contributed by atoms with Crippen molar-refractivity contribution in [3.05, 3.63) is 77.6 Å². The molecule has 1 amide bonds. The Balaban J connectivity index is 1.69. The Bertz CT molecular complexity index is 969. The zero-order valence-electron chi connectivity index (χ0n) is 14.2. The molecule has 2 N–H and O–H groups in total. The van der Waals surface area contributed by atoms with Crippen LogP contribution in [-0.4, -0.2) is 21.7 Å². The third-order valence-corrected chi connectivity index (χ3v) is 3.66. The van der Waals surface area contributed by atoms with E-state index < -0.39 is 23.2 Å². The molecule has 0 atom stereocenters. The topological polar surface area (TPSA) is 84.0 Å². The van der Waals surface area contributed by atoms with Crippen molar-refractivity contribution in [3.63, 3.8) is 0 Å². The first-order chi connectivity index (χ1) is 12.9. The SMILES string of the molecule is CC(=O)c1ccc(Nc2ncc(C(=O)Nc3c(F)cccc3F)cn2)cc1. The average molecular weight is 368 g/mol. The lowest BCUT2D eigenvalue weighted by Gasteiger charge is -2.08. The molecule has 0 aliphatic carbocycles. The number of nitrogens with zero attached hydrogens (tertiary/aromatic N) is 2. The standard InChI is InChI=1S/C19H14F2N4O2/c1-11(26)12-5-7-14(8-6-12)24-19-22-9-13(10-23-19)18(27)25-17-15(20)3-2-4-16(17)21/h2-10H,1H3,(H,25,27)(H,22,23,24). The Morgan fingerprint density at radius 3 is 2.04 bits per heavy atom. The lowest BCUT2D eigenvalue weighted by atomic mass is 10.1. The van der Waals surface area contributed by atoms with Gasteiger partial charge in [-0.3, -0.25) is 9.59 Å². The van der Waals surface area contributed by atoms with E-state index in [0.717, 1.165) is 12.1 Å². The lowest BCUT2D eigenvalue weighted by molar-refractivity contribution is 0.101. The van der Waals surface area contributed by atoms with Crippen LogP contribution in [0.4, 0.5) is 26.1 Å². The first kappa shape index (κ1) is 18.1. The smallest absolute Gasteiger partial charge is 0.258 e. The first-order valence-corrected chi connectivity index (χ1v) is 7.89. The second-order valence-corrected chi connectivity index (χ2v) is 5.60. The number of hydrogen-bond donors (Lipinski definition) is 2. The summed E-state index contributed by atoms with van der Waals surface area (Å²) in [5, 5.41) is 5.08. The van der Waals surface area contributed by atoms with Crippen molar-refractivity contribution in [2.75, 3.05) is 10.6 Å².